The molecule has 1 aliphatic rings. The molecule has 0 radical (unpaired) electrons. The van der Waals surface area contributed by atoms with Gasteiger partial charge in [0.15, 0.2) is 0 Å². The summed E-state index contributed by atoms with van der Waals surface area (Å²) < 4.78 is 0. The molecular weight excluding hydrogens is 264 g/mol. The molecule has 0 saturated carbocycles. The van der Waals surface area contributed by atoms with Crippen molar-refractivity contribution < 1.29 is 9.90 Å². The van der Waals surface area contributed by atoms with Crippen molar-refractivity contribution in [2.75, 3.05) is 17.2 Å². The van der Waals surface area contributed by atoms with Crippen LogP contribution in [0.15, 0.2) is 42.5 Å². The number of carbonyl (C=O) groups is 1. The molecule has 4 nitrogen and oxygen atoms in total. The molecule has 0 saturated heterocycles. The van der Waals surface area contributed by atoms with Crippen LogP contribution in [0, 0.1) is 0 Å². The largest absolute Gasteiger partial charge is 0.478 e. The highest BCUT2D eigenvalue weighted by Crippen LogP contribution is 2.30. The van der Waals surface area contributed by atoms with Crippen LogP contribution in [0.4, 0.5) is 11.4 Å². The van der Waals surface area contributed by atoms with Crippen molar-refractivity contribution in [3.05, 3.63) is 59.2 Å². The number of aromatic carboxylic acids is 1. The Balaban J connectivity index is 1.81. The quantitative estimate of drug-likeness (QED) is 0.849. The summed E-state index contributed by atoms with van der Waals surface area (Å²) >= 11 is 0. The first-order valence-electron chi connectivity index (χ1n) is 7.09. The third-order valence-electron chi connectivity index (χ3n) is 3.89. The Kier molecular flexibility index (Phi) is 3.52. The Morgan fingerprint density at radius 1 is 1.19 bits per heavy atom. The van der Waals surface area contributed by atoms with E-state index < -0.39 is 5.97 Å². The van der Waals surface area contributed by atoms with Gasteiger partial charge in [-0.3, -0.25) is 0 Å². The van der Waals surface area contributed by atoms with Gasteiger partial charge in [-0.15, -0.1) is 0 Å². The minimum absolute atomic E-state index is 0.325. The number of aryl methyl sites for hydroxylation is 1. The van der Waals surface area contributed by atoms with Gasteiger partial charge < -0.3 is 15.7 Å². The number of nitrogens with two attached hydrogens (primary N) is 1. The number of fused-ring (bicyclic) bond motifs is 1. The van der Waals surface area contributed by atoms with Crippen LogP contribution in [-0.4, -0.2) is 17.6 Å². The van der Waals surface area contributed by atoms with Gasteiger partial charge in [0, 0.05) is 24.5 Å². The first-order chi connectivity index (χ1) is 10.1. The number of nitrogens with zero attached hydrogens (tertiary/aromatic N) is 1. The van der Waals surface area contributed by atoms with Gasteiger partial charge in [0.25, 0.3) is 0 Å². The number of hydrogen-bond donors (Lipinski definition) is 2. The Morgan fingerprint density at radius 2 is 1.95 bits per heavy atom. The van der Waals surface area contributed by atoms with Crippen molar-refractivity contribution in [1.29, 1.82) is 0 Å². The highest BCUT2D eigenvalue weighted by molar-refractivity contribution is 5.87. The van der Waals surface area contributed by atoms with Crippen molar-refractivity contribution in [2.45, 2.75) is 19.4 Å². The highest BCUT2D eigenvalue weighted by Gasteiger charge is 2.17. The second kappa shape index (κ2) is 5.48. The number of carboxylic acids is 1. The lowest BCUT2D eigenvalue weighted by atomic mass is 10.00. The number of benzene rings is 2. The van der Waals surface area contributed by atoms with E-state index in [0.29, 0.717) is 5.56 Å². The predicted octanol–water partition coefficient (Wildman–Crippen LogP) is 2.92. The van der Waals surface area contributed by atoms with Crippen LogP contribution in [0.5, 0.6) is 0 Å². The number of rotatable bonds is 3. The molecule has 1 heterocycles. The van der Waals surface area contributed by atoms with Crippen molar-refractivity contribution in [3.8, 4) is 0 Å². The van der Waals surface area contributed by atoms with E-state index >= 15 is 0 Å². The molecular formula is C17H18N2O2. The first-order valence-corrected chi connectivity index (χ1v) is 7.09. The summed E-state index contributed by atoms with van der Waals surface area (Å²) in [4.78, 5) is 13.2. The third-order valence-corrected chi connectivity index (χ3v) is 3.89. The number of anilines is 2. The smallest absolute Gasteiger partial charge is 0.335 e. The van der Waals surface area contributed by atoms with Crippen LogP contribution in [0.25, 0.3) is 0 Å². The molecule has 0 fully saturated rings. The summed E-state index contributed by atoms with van der Waals surface area (Å²) in [6.45, 7) is 1.80. The Morgan fingerprint density at radius 3 is 2.67 bits per heavy atom. The summed E-state index contributed by atoms with van der Waals surface area (Å²) in [5.41, 5.74) is 10.6. The molecule has 0 unspecified atom stereocenters. The summed E-state index contributed by atoms with van der Waals surface area (Å²) in [5, 5.41) is 8.93. The molecule has 3 N–H and O–H groups in total. The maximum absolute atomic E-state index is 10.9. The van der Waals surface area contributed by atoms with Crippen molar-refractivity contribution in [1.82, 2.24) is 0 Å². The average molecular weight is 282 g/mol. The Hall–Kier alpha value is -2.49. The van der Waals surface area contributed by atoms with Gasteiger partial charge in [-0.2, -0.15) is 0 Å². The fourth-order valence-corrected chi connectivity index (χ4v) is 2.83. The molecule has 3 rings (SSSR count). The molecule has 0 bridgehead atoms. The SMILES string of the molecule is Nc1ccc2c(c1)CCCN2Cc1ccc(C(=O)O)cc1. The zero-order chi connectivity index (χ0) is 14.8. The van der Waals surface area contributed by atoms with Gasteiger partial charge in [-0.1, -0.05) is 12.1 Å². The van der Waals surface area contributed by atoms with Gasteiger partial charge in [0.2, 0.25) is 0 Å². The normalized spacial score (nSPS) is 13.8. The van der Waals surface area contributed by atoms with Crippen LogP contribution in [0.2, 0.25) is 0 Å². The second-order valence-electron chi connectivity index (χ2n) is 5.42. The van der Waals surface area contributed by atoms with Crippen molar-refractivity contribution >= 4 is 17.3 Å². The van der Waals surface area contributed by atoms with Crippen LogP contribution in [0.3, 0.4) is 0 Å². The summed E-state index contributed by atoms with van der Waals surface area (Å²) in [7, 11) is 0. The van der Waals surface area contributed by atoms with Crippen molar-refractivity contribution in [3.63, 3.8) is 0 Å². The Labute approximate surface area is 123 Å². The maximum atomic E-state index is 10.9. The Bertz CT molecular complexity index is 665. The average Bonchev–Trinajstić information content (AvgIpc) is 2.47. The van der Waals surface area contributed by atoms with E-state index in [2.05, 4.69) is 17.0 Å². The minimum atomic E-state index is -0.889. The summed E-state index contributed by atoms with van der Waals surface area (Å²) in [6, 6.07) is 13.1. The van der Waals surface area contributed by atoms with Crippen LogP contribution < -0.4 is 10.6 Å². The lowest BCUT2D eigenvalue weighted by molar-refractivity contribution is 0.0697. The first kappa shape index (κ1) is 13.5. The molecule has 108 valence electrons. The zero-order valence-electron chi connectivity index (χ0n) is 11.7. The van der Waals surface area contributed by atoms with E-state index in [1.54, 1.807) is 12.1 Å². The highest BCUT2D eigenvalue weighted by atomic mass is 16.4. The third kappa shape index (κ3) is 2.84. The summed E-state index contributed by atoms with van der Waals surface area (Å²) in [5.74, 6) is -0.889. The van der Waals surface area contributed by atoms with Crippen LogP contribution in [0.1, 0.15) is 27.9 Å². The molecule has 4 heteroatoms. The van der Waals surface area contributed by atoms with E-state index in [1.807, 2.05) is 18.2 Å². The zero-order valence-corrected chi connectivity index (χ0v) is 11.7. The number of hydrogen-bond acceptors (Lipinski definition) is 3. The van der Waals surface area contributed by atoms with E-state index in [9.17, 15) is 4.79 Å². The molecule has 2 aromatic rings. The molecule has 0 amide bonds. The van der Waals surface area contributed by atoms with E-state index in [4.69, 9.17) is 10.8 Å². The molecule has 2 aromatic carbocycles. The van der Waals surface area contributed by atoms with Crippen LogP contribution in [-0.2, 0) is 13.0 Å². The van der Waals surface area contributed by atoms with Gasteiger partial charge in [-0.05, 0) is 54.3 Å². The molecule has 0 aliphatic carbocycles. The molecule has 0 aromatic heterocycles. The second-order valence-corrected chi connectivity index (χ2v) is 5.42. The van der Waals surface area contributed by atoms with Crippen LogP contribution >= 0.6 is 0 Å². The fourth-order valence-electron chi connectivity index (χ4n) is 2.83. The fraction of sp³-hybridized carbons (Fsp3) is 0.235. The lowest BCUT2D eigenvalue weighted by Crippen LogP contribution is -2.28. The van der Waals surface area contributed by atoms with E-state index in [-0.39, 0.29) is 0 Å². The topological polar surface area (TPSA) is 66.6 Å². The van der Waals surface area contributed by atoms with E-state index in [1.165, 1.54) is 11.3 Å². The molecule has 0 spiro atoms. The van der Waals surface area contributed by atoms with Crippen molar-refractivity contribution in [2.24, 2.45) is 0 Å². The van der Waals surface area contributed by atoms with Gasteiger partial charge in [0.1, 0.15) is 0 Å². The monoisotopic (exact) mass is 282 g/mol. The molecule has 0 atom stereocenters. The number of carboxylic acid groups (broad SMARTS) is 1. The van der Waals surface area contributed by atoms with Gasteiger partial charge in [-0.25, -0.2) is 4.79 Å². The molecule has 1 aliphatic heterocycles. The predicted molar refractivity (Wildman–Crippen MR) is 83.6 cm³/mol. The minimum Gasteiger partial charge on any atom is -0.478 e. The van der Waals surface area contributed by atoms with Gasteiger partial charge >= 0.3 is 5.97 Å². The van der Waals surface area contributed by atoms with Gasteiger partial charge in [0.05, 0.1) is 5.56 Å². The van der Waals surface area contributed by atoms with E-state index in [0.717, 1.165) is 37.2 Å². The standard InChI is InChI=1S/C17H18N2O2/c18-15-7-8-16-14(10-15)2-1-9-19(16)11-12-3-5-13(6-4-12)17(20)21/h3-8,10H,1-2,9,11,18H2,(H,20,21). The maximum Gasteiger partial charge on any atom is 0.335 e. The summed E-state index contributed by atoms with van der Waals surface area (Å²) in [6.07, 6.45) is 2.18. The lowest BCUT2D eigenvalue weighted by Gasteiger charge is -2.31. The molecule has 21 heavy (non-hydrogen) atoms. The number of nitrogen functional groups attached to an aromatic ring is 1.